The summed E-state index contributed by atoms with van der Waals surface area (Å²) in [4.78, 5) is 10.9. The summed E-state index contributed by atoms with van der Waals surface area (Å²) in [7, 11) is -7.55. The van der Waals surface area contributed by atoms with Crippen LogP contribution in [0, 0.1) is 5.92 Å². The van der Waals surface area contributed by atoms with Crippen molar-refractivity contribution in [2.45, 2.75) is 29.6 Å². The van der Waals surface area contributed by atoms with E-state index in [1.54, 1.807) is 0 Å². The Morgan fingerprint density at radius 3 is 2.14 bits per heavy atom. The van der Waals surface area contributed by atoms with E-state index in [0.29, 0.717) is 19.0 Å². The summed E-state index contributed by atoms with van der Waals surface area (Å²) in [5, 5.41) is 8.90. The quantitative estimate of drug-likeness (QED) is 0.715. The number of nitrogens with zero attached hydrogens (tertiary/aromatic N) is 1. The molecule has 0 amide bonds. The molecule has 1 atom stereocenters. The molecule has 0 spiro atoms. The highest BCUT2D eigenvalue weighted by Crippen LogP contribution is 2.25. The molecule has 8 nitrogen and oxygen atoms in total. The number of piperidine rings is 1. The van der Waals surface area contributed by atoms with Gasteiger partial charge in [0.2, 0.25) is 10.0 Å². The van der Waals surface area contributed by atoms with Crippen molar-refractivity contribution in [1.82, 2.24) is 4.31 Å². The second kappa shape index (κ2) is 8.13. The summed E-state index contributed by atoms with van der Waals surface area (Å²) in [5.41, 5.74) is 0.184. The Hall–Kier alpha value is -2.43. The minimum absolute atomic E-state index is 0.0226. The number of anilines is 1. The van der Waals surface area contributed by atoms with Crippen molar-refractivity contribution < 1.29 is 26.7 Å². The third-order valence-electron chi connectivity index (χ3n) is 4.78. The largest absolute Gasteiger partial charge is 0.478 e. The zero-order chi connectivity index (χ0) is 21.2. The lowest BCUT2D eigenvalue weighted by atomic mass is 10.0. The van der Waals surface area contributed by atoms with Crippen LogP contribution >= 0.6 is 0 Å². The lowest BCUT2D eigenvalue weighted by molar-refractivity contribution is 0.0696. The van der Waals surface area contributed by atoms with Gasteiger partial charge < -0.3 is 5.11 Å². The molecule has 0 aromatic heterocycles. The van der Waals surface area contributed by atoms with Crippen molar-refractivity contribution in [3.8, 4) is 0 Å². The molecule has 1 heterocycles. The number of carboxylic acid groups (broad SMARTS) is 1. The zero-order valence-corrected chi connectivity index (χ0v) is 17.4. The Balaban J connectivity index is 1.77. The van der Waals surface area contributed by atoms with Crippen LogP contribution in [0.4, 0.5) is 5.69 Å². The molecule has 1 saturated heterocycles. The zero-order valence-electron chi connectivity index (χ0n) is 15.8. The van der Waals surface area contributed by atoms with Crippen molar-refractivity contribution in [3.05, 3.63) is 54.1 Å². The smallest absolute Gasteiger partial charge is 0.335 e. The molecule has 0 bridgehead atoms. The predicted octanol–water partition coefficient (Wildman–Crippen LogP) is 2.61. The maximum absolute atomic E-state index is 12.8. The van der Waals surface area contributed by atoms with Crippen LogP contribution in [0.1, 0.15) is 30.1 Å². The molecule has 3 rings (SSSR count). The van der Waals surface area contributed by atoms with Crippen LogP contribution in [0.3, 0.4) is 0 Å². The van der Waals surface area contributed by atoms with Crippen molar-refractivity contribution in [2.24, 2.45) is 5.92 Å². The van der Waals surface area contributed by atoms with Gasteiger partial charge in [-0.1, -0.05) is 6.92 Å². The van der Waals surface area contributed by atoms with Crippen LogP contribution in [0.5, 0.6) is 0 Å². The van der Waals surface area contributed by atoms with Crippen LogP contribution in [-0.2, 0) is 20.0 Å². The summed E-state index contributed by atoms with van der Waals surface area (Å²) in [6, 6.07) is 10.3. The molecular weight excluding hydrogens is 416 g/mol. The van der Waals surface area contributed by atoms with Crippen molar-refractivity contribution >= 4 is 31.7 Å². The fourth-order valence-electron chi connectivity index (χ4n) is 3.20. The predicted molar refractivity (Wildman–Crippen MR) is 108 cm³/mol. The van der Waals surface area contributed by atoms with Gasteiger partial charge in [-0.2, -0.15) is 4.31 Å². The molecule has 10 heteroatoms. The highest BCUT2D eigenvalue weighted by molar-refractivity contribution is 7.92. The highest BCUT2D eigenvalue weighted by atomic mass is 32.2. The summed E-state index contributed by atoms with van der Waals surface area (Å²) >= 11 is 0. The molecule has 156 valence electrons. The molecule has 1 fully saturated rings. The number of hydrogen-bond acceptors (Lipinski definition) is 5. The number of rotatable bonds is 6. The van der Waals surface area contributed by atoms with Gasteiger partial charge in [-0.05, 0) is 67.3 Å². The molecule has 1 aliphatic rings. The lowest BCUT2D eigenvalue weighted by Crippen LogP contribution is -2.39. The first kappa shape index (κ1) is 21.3. The first-order chi connectivity index (χ1) is 13.6. The Morgan fingerprint density at radius 1 is 1.00 bits per heavy atom. The number of hydrogen-bond donors (Lipinski definition) is 2. The van der Waals surface area contributed by atoms with E-state index < -0.39 is 26.0 Å². The normalized spacial score (nSPS) is 18.3. The molecule has 2 aromatic rings. The van der Waals surface area contributed by atoms with Gasteiger partial charge in [0.1, 0.15) is 0 Å². The van der Waals surface area contributed by atoms with Gasteiger partial charge in [-0.25, -0.2) is 21.6 Å². The molecular formula is C19H22N2O6S2. The first-order valence-corrected chi connectivity index (χ1v) is 12.0. The van der Waals surface area contributed by atoms with Gasteiger partial charge in [0.15, 0.2) is 0 Å². The second-order valence-electron chi connectivity index (χ2n) is 7.07. The van der Waals surface area contributed by atoms with E-state index in [-0.39, 0.29) is 21.0 Å². The Kier molecular flexibility index (Phi) is 5.97. The van der Waals surface area contributed by atoms with Crippen LogP contribution in [0.15, 0.2) is 58.3 Å². The SMILES string of the molecule is CC1CCCN(S(=O)(=O)c2ccc(NS(=O)(=O)c3ccc(C(=O)O)cc3)cc2)C1. The molecule has 2 aromatic carbocycles. The third-order valence-corrected chi connectivity index (χ3v) is 8.05. The van der Waals surface area contributed by atoms with Gasteiger partial charge in [-0.15, -0.1) is 0 Å². The number of benzene rings is 2. The average Bonchev–Trinajstić information content (AvgIpc) is 2.68. The molecule has 1 aliphatic heterocycles. The minimum Gasteiger partial charge on any atom is -0.478 e. The van der Waals surface area contributed by atoms with Crippen LogP contribution in [0.2, 0.25) is 0 Å². The van der Waals surface area contributed by atoms with E-state index in [0.717, 1.165) is 12.8 Å². The topological polar surface area (TPSA) is 121 Å². The number of nitrogens with one attached hydrogen (secondary N) is 1. The minimum atomic E-state index is -3.93. The summed E-state index contributed by atoms with van der Waals surface area (Å²) in [6.07, 6.45) is 1.82. The van der Waals surface area contributed by atoms with Crippen LogP contribution in [0.25, 0.3) is 0 Å². The van der Waals surface area contributed by atoms with Crippen LogP contribution in [-0.4, -0.2) is 45.3 Å². The first-order valence-electron chi connectivity index (χ1n) is 9.06. The fourth-order valence-corrected chi connectivity index (χ4v) is 5.86. The van der Waals surface area contributed by atoms with Crippen molar-refractivity contribution in [2.75, 3.05) is 17.8 Å². The van der Waals surface area contributed by atoms with Gasteiger partial charge in [-0.3, -0.25) is 4.72 Å². The molecule has 0 saturated carbocycles. The van der Waals surface area contributed by atoms with E-state index in [2.05, 4.69) is 4.72 Å². The number of carbonyl (C=O) groups is 1. The number of sulfonamides is 2. The Bertz CT molecular complexity index is 1090. The highest BCUT2D eigenvalue weighted by Gasteiger charge is 2.28. The fraction of sp³-hybridized carbons (Fsp3) is 0.316. The van der Waals surface area contributed by atoms with Crippen molar-refractivity contribution in [3.63, 3.8) is 0 Å². The van der Waals surface area contributed by atoms with Gasteiger partial charge in [0.05, 0.1) is 15.4 Å². The van der Waals surface area contributed by atoms with Crippen molar-refractivity contribution in [1.29, 1.82) is 0 Å². The molecule has 0 aliphatic carbocycles. The summed E-state index contributed by atoms with van der Waals surface area (Å²) in [5.74, 6) is -0.848. The Labute approximate surface area is 170 Å². The van der Waals surface area contributed by atoms with Gasteiger partial charge in [0, 0.05) is 18.8 Å². The number of aromatic carboxylic acids is 1. The second-order valence-corrected chi connectivity index (χ2v) is 10.7. The summed E-state index contributed by atoms with van der Waals surface area (Å²) < 4.78 is 54.3. The lowest BCUT2D eigenvalue weighted by Gasteiger charge is -2.30. The van der Waals surface area contributed by atoms with E-state index in [1.807, 2.05) is 6.92 Å². The molecule has 29 heavy (non-hydrogen) atoms. The van der Waals surface area contributed by atoms with Gasteiger partial charge >= 0.3 is 5.97 Å². The van der Waals surface area contributed by atoms with Crippen LogP contribution < -0.4 is 4.72 Å². The third kappa shape index (κ3) is 4.77. The van der Waals surface area contributed by atoms with Gasteiger partial charge in [0.25, 0.3) is 10.0 Å². The molecule has 1 unspecified atom stereocenters. The van der Waals surface area contributed by atoms with E-state index in [9.17, 15) is 21.6 Å². The maximum Gasteiger partial charge on any atom is 0.335 e. The van der Waals surface area contributed by atoms with E-state index in [1.165, 1.54) is 52.8 Å². The average molecular weight is 439 g/mol. The van der Waals surface area contributed by atoms with E-state index >= 15 is 0 Å². The standard InChI is InChI=1S/C19H22N2O6S2/c1-14-3-2-12-21(13-14)29(26,27)18-10-6-16(7-11-18)20-28(24,25)17-8-4-15(5-9-17)19(22)23/h4-11,14,20H,2-3,12-13H2,1H3,(H,22,23). The Morgan fingerprint density at radius 2 is 1.59 bits per heavy atom. The monoisotopic (exact) mass is 438 g/mol. The maximum atomic E-state index is 12.8. The molecule has 2 N–H and O–H groups in total. The molecule has 0 radical (unpaired) electrons. The number of carboxylic acids is 1. The van der Waals surface area contributed by atoms with E-state index in [4.69, 9.17) is 5.11 Å². The summed E-state index contributed by atoms with van der Waals surface area (Å²) in [6.45, 7) is 2.97.